The molecule has 0 spiro atoms. The molecule has 1 aliphatic rings. The Morgan fingerprint density at radius 3 is 2.73 bits per heavy atom. The normalized spacial score (nSPS) is 16.6. The van der Waals surface area contributed by atoms with Gasteiger partial charge in [0.1, 0.15) is 10.6 Å². The molecule has 0 saturated carbocycles. The van der Waals surface area contributed by atoms with E-state index in [0.717, 1.165) is 18.7 Å². The van der Waals surface area contributed by atoms with Crippen LogP contribution < -0.4 is 9.62 Å². The number of morpholine rings is 1. The maximum atomic E-state index is 12.3. The molecule has 7 nitrogen and oxygen atoms in total. The van der Waals surface area contributed by atoms with Gasteiger partial charge in [0.05, 0.1) is 26.9 Å². The van der Waals surface area contributed by atoms with E-state index in [-0.39, 0.29) is 17.3 Å². The zero-order chi connectivity index (χ0) is 16.0. The van der Waals surface area contributed by atoms with Crippen LogP contribution in [0.25, 0.3) is 0 Å². The standard InChI is InChI=1S/C14H22N2O5S/c1-12-3-4-13(19-2)14(11-12)22(17,18)15-21-10-7-16-5-8-20-9-6-16/h3-4,11,15H,5-10H2,1-2H3. The molecule has 124 valence electrons. The molecule has 0 aromatic heterocycles. The largest absolute Gasteiger partial charge is 0.495 e. The van der Waals surface area contributed by atoms with Crippen LogP contribution in [0.3, 0.4) is 0 Å². The van der Waals surface area contributed by atoms with Crippen LogP contribution >= 0.6 is 0 Å². The lowest BCUT2D eigenvalue weighted by atomic mass is 10.2. The number of ether oxygens (including phenoxy) is 2. The quantitative estimate of drug-likeness (QED) is 0.581. The highest BCUT2D eigenvalue weighted by Gasteiger charge is 2.20. The number of nitrogens with one attached hydrogen (secondary N) is 1. The minimum absolute atomic E-state index is 0.0707. The summed E-state index contributed by atoms with van der Waals surface area (Å²) in [7, 11) is -2.34. The molecule has 0 aliphatic carbocycles. The Morgan fingerprint density at radius 1 is 1.32 bits per heavy atom. The third-order valence-electron chi connectivity index (χ3n) is 3.39. The smallest absolute Gasteiger partial charge is 0.266 e. The van der Waals surface area contributed by atoms with E-state index in [2.05, 4.69) is 9.79 Å². The molecule has 1 aromatic rings. The molecule has 2 rings (SSSR count). The number of rotatable bonds is 7. The van der Waals surface area contributed by atoms with Gasteiger partial charge in [-0.3, -0.25) is 9.74 Å². The molecule has 1 N–H and O–H groups in total. The molecule has 1 saturated heterocycles. The highest BCUT2D eigenvalue weighted by molar-refractivity contribution is 7.89. The van der Waals surface area contributed by atoms with Crippen molar-refractivity contribution in [1.29, 1.82) is 0 Å². The molecule has 22 heavy (non-hydrogen) atoms. The Hall–Kier alpha value is -1.19. The molecule has 0 atom stereocenters. The minimum Gasteiger partial charge on any atom is -0.495 e. The second-order valence-electron chi connectivity index (χ2n) is 5.04. The van der Waals surface area contributed by atoms with Crippen LogP contribution in [0.15, 0.2) is 23.1 Å². The molecule has 1 heterocycles. The average Bonchev–Trinajstić information content (AvgIpc) is 2.52. The van der Waals surface area contributed by atoms with Crippen LogP contribution in [0.1, 0.15) is 5.56 Å². The monoisotopic (exact) mass is 330 g/mol. The summed E-state index contributed by atoms with van der Waals surface area (Å²) in [5.41, 5.74) is 0.828. The summed E-state index contributed by atoms with van der Waals surface area (Å²) in [6, 6.07) is 4.96. The fraction of sp³-hybridized carbons (Fsp3) is 0.571. The summed E-state index contributed by atoms with van der Waals surface area (Å²) in [5.74, 6) is 0.287. The van der Waals surface area contributed by atoms with Gasteiger partial charge in [-0.25, -0.2) is 8.42 Å². The second kappa shape index (κ2) is 7.89. The van der Waals surface area contributed by atoms with Gasteiger partial charge in [-0.05, 0) is 24.6 Å². The number of sulfonamides is 1. The van der Waals surface area contributed by atoms with Crippen LogP contribution in [0.2, 0.25) is 0 Å². The van der Waals surface area contributed by atoms with Crippen LogP contribution in [-0.4, -0.2) is 59.9 Å². The van der Waals surface area contributed by atoms with E-state index < -0.39 is 10.0 Å². The number of nitrogens with zero attached hydrogens (tertiary/aromatic N) is 1. The van der Waals surface area contributed by atoms with Crippen LogP contribution in [0.5, 0.6) is 5.75 Å². The van der Waals surface area contributed by atoms with Gasteiger partial charge in [0, 0.05) is 19.6 Å². The maximum Gasteiger partial charge on any atom is 0.266 e. The first-order chi connectivity index (χ1) is 10.5. The minimum atomic E-state index is -3.77. The molecule has 8 heteroatoms. The predicted octanol–water partition coefficient (Wildman–Crippen LogP) is 0.546. The van der Waals surface area contributed by atoms with E-state index in [1.54, 1.807) is 18.2 Å². The summed E-state index contributed by atoms with van der Waals surface area (Å²) >= 11 is 0. The number of benzene rings is 1. The van der Waals surface area contributed by atoms with Crippen molar-refractivity contribution in [3.05, 3.63) is 23.8 Å². The first kappa shape index (κ1) is 17.2. The van der Waals surface area contributed by atoms with Gasteiger partial charge < -0.3 is 9.47 Å². The van der Waals surface area contributed by atoms with Crippen molar-refractivity contribution in [2.24, 2.45) is 0 Å². The second-order valence-corrected chi connectivity index (χ2v) is 6.66. The third kappa shape index (κ3) is 4.65. The topological polar surface area (TPSA) is 77.1 Å². The van der Waals surface area contributed by atoms with Crippen molar-refractivity contribution in [2.45, 2.75) is 11.8 Å². The van der Waals surface area contributed by atoms with E-state index >= 15 is 0 Å². The molecule has 0 unspecified atom stereocenters. The molecule has 0 bridgehead atoms. The van der Waals surface area contributed by atoms with Gasteiger partial charge in [-0.15, -0.1) is 0 Å². The highest BCUT2D eigenvalue weighted by atomic mass is 32.2. The molecule has 0 amide bonds. The fourth-order valence-corrected chi connectivity index (χ4v) is 3.24. The van der Waals surface area contributed by atoms with Gasteiger partial charge in [-0.2, -0.15) is 0 Å². The van der Waals surface area contributed by atoms with Crippen LogP contribution in [0, 0.1) is 6.92 Å². The van der Waals surface area contributed by atoms with Gasteiger partial charge in [-0.1, -0.05) is 11.0 Å². The van der Waals surface area contributed by atoms with Crippen molar-refractivity contribution in [2.75, 3.05) is 46.6 Å². The summed E-state index contributed by atoms with van der Waals surface area (Å²) in [6.07, 6.45) is 0. The van der Waals surface area contributed by atoms with Gasteiger partial charge in [0.2, 0.25) is 0 Å². The van der Waals surface area contributed by atoms with Crippen molar-refractivity contribution < 1.29 is 22.7 Å². The van der Waals surface area contributed by atoms with Gasteiger partial charge in [0.25, 0.3) is 10.0 Å². The Bertz CT molecular complexity index is 585. The summed E-state index contributed by atoms with van der Waals surface area (Å²) in [6.45, 7) is 5.81. The lowest BCUT2D eigenvalue weighted by molar-refractivity contribution is 0.0125. The zero-order valence-electron chi connectivity index (χ0n) is 12.9. The van der Waals surface area contributed by atoms with E-state index in [4.69, 9.17) is 14.3 Å². The number of aryl methyl sites for hydroxylation is 1. The molecule has 0 radical (unpaired) electrons. The van der Waals surface area contributed by atoms with Crippen molar-refractivity contribution in [3.8, 4) is 5.75 Å². The molecule has 1 fully saturated rings. The summed E-state index contributed by atoms with van der Waals surface area (Å²) in [5, 5.41) is 0. The maximum absolute atomic E-state index is 12.3. The van der Waals surface area contributed by atoms with Gasteiger partial charge in [0.15, 0.2) is 0 Å². The Balaban J connectivity index is 1.89. The molecular formula is C14H22N2O5S. The fourth-order valence-electron chi connectivity index (χ4n) is 2.16. The van der Waals surface area contributed by atoms with Crippen molar-refractivity contribution in [3.63, 3.8) is 0 Å². The third-order valence-corrected chi connectivity index (χ3v) is 4.63. The van der Waals surface area contributed by atoms with E-state index in [1.165, 1.54) is 7.11 Å². The highest BCUT2D eigenvalue weighted by Crippen LogP contribution is 2.24. The Labute approximate surface area is 131 Å². The average molecular weight is 330 g/mol. The van der Waals surface area contributed by atoms with Crippen LogP contribution in [-0.2, 0) is 19.6 Å². The van der Waals surface area contributed by atoms with Crippen molar-refractivity contribution in [1.82, 2.24) is 9.79 Å². The molecule has 1 aromatic carbocycles. The SMILES string of the molecule is COc1ccc(C)cc1S(=O)(=O)NOCCN1CCOCC1. The van der Waals surface area contributed by atoms with Crippen LogP contribution in [0.4, 0.5) is 0 Å². The molecule has 1 aliphatic heterocycles. The Kier molecular flexibility index (Phi) is 6.16. The summed E-state index contributed by atoms with van der Waals surface area (Å²) < 4.78 is 34.9. The van der Waals surface area contributed by atoms with Crippen molar-refractivity contribution >= 4 is 10.0 Å². The summed E-state index contributed by atoms with van der Waals surface area (Å²) in [4.78, 5) is 9.50. The number of hydrogen-bond donors (Lipinski definition) is 1. The number of hydrogen-bond acceptors (Lipinski definition) is 6. The van der Waals surface area contributed by atoms with E-state index in [1.807, 2.05) is 6.92 Å². The lowest BCUT2D eigenvalue weighted by Gasteiger charge is -2.26. The van der Waals surface area contributed by atoms with Gasteiger partial charge >= 0.3 is 0 Å². The lowest BCUT2D eigenvalue weighted by Crippen LogP contribution is -2.39. The Morgan fingerprint density at radius 2 is 2.05 bits per heavy atom. The predicted molar refractivity (Wildman–Crippen MR) is 81.3 cm³/mol. The first-order valence-electron chi connectivity index (χ1n) is 7.11. The first-order valence-corrected chi connectivity index (χ1v) is 8.59. The zero-order valence-corrected chi connectivity index (χ0v) is 13.7. The van der Waals surface area contributed by atoms with E-state index in [0.29, 0.717) is 19.8 Å². The molecular weight excluding hydrogens is 308 g/mol. The number of methoxy groups -OCH3 is 1. The van der Waals surface area contributed by atoms with E-state index in [9.17, 15) is 8.42 Å².